The van der Waals surface area contributed by atoms with E-state index in [9.17, 15) is 9.18 Å². The number of amides is 1. The molecule has 158 valence electrons. The summed E-state index contributed by atoms with van der Waals surface area (Å²) >= 11 is 0. The predicted molar refractivity (Wildman–Crippen MR) is 114 cm³/mol. The summed E-state index contributed by atoms with van der Waals surface area (Å²) in [6, 6.07) is 8.60. The molecule has 2 aromatic rings. The van der Waals surface area contributed by atoms with Crippen molar-refractivity contribution in [1.29, 1.82) is 0 Å². The van der Waals surface area contributed by atoms with Gasteiger partial charge in [0.1, 0.15) is 18.0 Å². The highest BCUT2D eigenvalue weighted by atomic mass is 19.1. The van der Waals surface area contributed by atoms with Gasteiger partial charge in [-0.05, 0) is 30.5 Å². The summed E-state index contributed by atoms with van der Waals surface area (Å²) in [5.74, 6) is 1.92. The lowest BCUT2D eigenvalue weighted by Crippen LogP contribution is -2.40. The van der Waals surface area contributed by atoms with E-state index in [0.717, 1.165) is 56.1 Å². The average molecular weight is 409 g/mol. The highest BCUT2D eigenvalue weighted by Gasteiger charge is 2.55. The summed E-state index contributed by atoms with van der Waals surface area (Å²) in [4.78, 5) is 26.7. The van der Waals surface area contributed by atoms with Crippen LogP contribution in [-0.4, -0.2) is 47.0 Å². The first-order valence-corrected chi connectivity index (χ1v) is 10.9. The van der Waals surface area contributed by atoms with Crippen LogP contribution in [0.3, 0.4) is 0 Å². The zero-order valence-electron chi connectivity index (χ0n) is 17.9. The Hall–Kier alpha value is -2.50. The van der Waals surface area contributed by atoms with E-state index in [1.54, 1.807) is 18.5 Å². The number of hydrogen-bond acceptors (Lipinski definition) is 4. The number of nitrogens with zero attached hydrogens (tertiary/aromatic N) is 4. The molecule has 0 spiro atoms. The lowest BCUT2D eigenvalue weighted by molar-refractivity contribution is -0.133. The third-order valence-electron chi connectivity index (χ3n) is 7.07. The fourth-order valence-electron chi connectivity index (χ4n) is 5.10. The van der Waals surface area contributed by atoms with Crippen LogP contribution in [0.15, 0.2) is 36.7 Å². The third kappa shape index (κ3) is 3.26. The number of carbonyl (C=O) groups excluding carboxylic acids is 1. The molecule has 2 atom stereocenters. The van der Waals surface area contributed by atoms with Gasteiger partial charge in [-0.2, -0.15) is 0 Å². The van der Waals surface area contributed by atoms with Gasteiger partial charge in [0.05, 0.1) is 11.1 Å². The zero-order chi connectivity index (χ0) is 21.1. The molecule has 0 bridgehead atoms. The Kier molecular flexibility index (Phi) is 4.38. The van der Waals surface area contributed by atoms with E-state index < -0.39 is 5.41 Å². The van der Waals surface area contributed by atoms with Crippen LogP contribution < -0.4 is 4.90 Å². The Morgan fingerprint density at radius 3 is 2.23 bits per heavy atom. The van der Waals surface area contributed by atoms with Gasteiger partial charge in [0.2, 0.25) is 5.91 Å². The van der Waals surface area contributed by atoms with Crippen LogP contribution in [0.25, 0.3) is 0 Å². The largest absolute Gasteiger partial charge is 0.356 e. The van der Waals surface area contributed by atoms with E-state index in [1.807, 2.05) is 0 Å². The minimum absolute atomic E-state index is 0.00452. The van der Waals surface area contributed by atoms with Gasteiger partial charge < -0.3 is 9.80 Å². The van der Waals surface area contributed by atoms with Crippen molar-refractivity contribution in [3.05, 3.63) is 53.7 Å². The van der Waals surface area contributed by atoms with Crippen LogP contribution >= 0.6 is 0 Å². The van der Waals surface area contributed by atoms with E-state index in [1.165, 1.54) is 12.1 Å². The lowest BCUT2D eigenvalue weighted by atomic mass is 9.92. The van der Waals surface area contributed by atoms with Crippen LogP contribution in [0.4, 0.5) is 10.2 Å². The maximum Gasteiger partial charge on any atom is 0.233 e. The number of halogens is 1. The number of carbonyl (C=O) groups is 1. The summed E-state index contributed by atoms with van der Waals surface area (Å²) in [6.07, 6.45) is 3.40. The second kappa shape index (κ2) is 6.76. The highest BCUT2D eigenvalue weighted by molar-refractivity contribution is 5.91. The molecule has 2 aliphatic heterocycles. The van der Waals surface area contributed by atoms with E-state index in [4.69, 9.17) is 0 Å². The predicted octanol–water partition coefficient (Wildman–Crippen LogP) is 3.54. The topological polar surface area (TPSA) is 49.3 Å². The molecule has 1 aromatic carbocycles. The summed E-state index contributed by atoms with van der Waals surface area (Å²) in [5, 5.41) is 0. The first kappa shape index (κ1) is 19.5. The van der Waals surface area contributed by atoms with E-state index in [2.05, 4.69) is 46.6 Å². The van der Waals surface area contributed by atoms with Gasteiger partial charge in [0.15, 0.2) is 0 Å². The third-order valence-corrected chi connectivity index (χ3v) is 7.07. The van der Waals surface area contributed by atoms with Crippen molar-refractivity contribution in [2.24, 2.45) is 11.8 Å². The average Bonchev–Trinajstić information content (AvgIpc) is 3.28. The number of likely N-dealkylation sites (tertiary alicyclic amines) is 1. The molecular weight excluding hydrogens is 379 g/mol. The Morgan fingerprint density at radius 2 is 1.67 bits per heavy atom. The molecule has 5 rings (SSSR count). The standard InChI is InChI=1S/C24H29FN4O/c1-23(2,3)20-10-21(27-15-26-20)28-11-16-13-29(14-17(16)12-28)22(30)24(8-9-24)18-4-6-19(25)7-5-18/h4-7,10,15-17H,8-9,11-14H2,1-3H3. The maximum atomic E-state index is 13.4. The minimum atomic E-state index is -0.416. The smallest absolute Gasteiger partial charge is 0.233 e. The van der Waals surface area contributed by atoms with Crippen molar-refractivity contribution < 1.29 is 9.18 Å². The van der Waals surface area contributed by atoms with Gasteiger partial charge in [0.25, 0.3) is 0 Å². The quantitative estimate of drug-likeness (QED) is 0.780. The van der Waals surface area contributed by atoms with Crippen molar-refractivity contribution in [1.82, 2.24) is 14.9 Å². The van der Waals surface area contributed by atoms with E-state index >= 15 is 0 Å². The maximum absolute atomic E-state index is 13.4. The fourth-order valence-corrected chi connectivity index (χ4v) is 5.10. The number of anilines is 1. The molecule has 30 heavy (non-hydrogen) atoms. The number of hydrogen-bond donors (Lipinski definition) is 0. The van der Waals surface area contributed by atoms with Gasteiger partial charge in [-0.1, -0.05) is 32.9 Å². The number of benzene rings is 1. The Bertz CT molecular complexity index is 950. The molecule has 0 radical (unpaired) electrons. The van der Waals surface area contributed by atoms with Crippen molar-refractivity contribution >= 4 is 11.7 Å². The Balaban J connectivity index is 1.26. The molecule has 3 heterocycles. The summed E-state index contributed by atoms with van der Waals surface area (Å²) < 4.78 is 13.3. The number of rotatable bonds is 3. The Morgan fingerprint density at radius 1 is 1.03 bits per heavy atom. The summed E-state index contributed by atoms with van der Waals surface area (Å²) in [6.45, 7) is 9.96. The van der Waals surface area contributed by atoms with Gasteiger partial charge >= 0.3 is 0 Å². The van der Waals surface area contributed by atoms with Crippen molar-refractivity contribution in [3.8, 4) is 0 Å². The normalized spacial score (nSPS) is 24.8. The molecule has 3 aliphatic rings. The van der Waals surface area contributed by atoms with Crippen LogP contribution in [0, 0.1) is 17.7 Å². The van der Waals surface area contributed by atoms with Crippen LogP contribution in [-0.2, 0) is 15.6 Å². The molecule has 2 unspecified atom stereocenters. The molecule has 2 saturated heterocycles. The first-order chi connectivity index (χ1) is 14.3. The molecule has 1 amide bonds. The number of aromatic nitrogens is 2. The van der Waals surface area contributed by atoms with Gasteiger partial charge in [-0.3, -0.25) is 4.79 Å². The monoisotopic (exact) mass is 408 g/mol. The van der Waals surface area contributed by atoms with Crippen molar-refractivity contribution in [3.63, 3.8) is 0 Å². The second-order valence-corrected chi connectivity index (χ2v) is 10.2. The molecular formula is C24H29FN4O. The molecule has 5 nitrogen and oxygen atoms in total. The molecule has 0 N–H and O–H groups in total. The van der Waals surface area contributed by atoms with Crippen LogP contribution in [0.1, 0.15) is 44.9 Å². The first-order valence-electron chi connectivity index (χ1n) is 10.9. The van der Waals surface area contributed by atoms with E-state index in [0.29, 0.717) is 11.8 Å². The zero-order valence-corrected chi connectivity index (χ0v) is 17.9. The van der Waals surface area contributed by atoms with Gasteiger partial charge in [0, 0.05) is 49.5 Å². The summed E-state index contributed by atoms with van der Waals surface area (Å²) in [5.41, 5.74) is 1.59. The van der Waals surface area contributed by atoms with Gasteiger partial charge in [-0.25, -0.2) is 14.4 Å². The lowest BCUT2D eigenvalue weighted by Gasteiger charge is -2.27. The van der Waals surface area contributed by atoms with Crippen LogP contribution in [0.2, 0.25) is 0 Å². The molecule has 6 heteroatoms. The van der Waals surface area contributed by atoms with Crippen molar-refractivity contribution in [2.45, 2.75) is 44.4 Å². The van der Waals surface area contributed by atoms with Crippen molar-refractivity contribution in [2.75, 3.05) is 31.1 Å². The Labute approximate surface area is 177 Å². The van der Waals surface area contributed by atoms with E-state index in [-0.39, 0.29) is 17.1 Å². The van der Waals surface area contributed by atoms with Crippen LogP contribution in [0.5, 0.6) is 0 Å². The minimum Gasteiger partial charge on any atom is -0.356 e. The van der Waals surface area contributed by atoms with Gasteiger partial charge in [-0.15, -0.1) is 0 Å². The molecule has 1 aliphatic carbocycles. The summed E-state index contributed by atoms with van der Waals surface area (Å²) in [7, 11) is 0. The second-order valence-electron chi connectivity index (χ2n) is 10.2. The highest BCUT2D eigenvalue weighted by Crippen LogP contribution is 2.50. The molecule has 1 saturated carbocycles. The fraction of sp³-hybridized carbons (Fsp3) is 0.542. The number of fused-ring (bicyclic) bond motifs is 1. The SMILES string of the molecule is CC(C)(C)c1cc(N2CC3CN(C(=O)C4(c5ccc(F)cc5)CC4)CC3C2)ncn1. The molecule has 1 aromatic heterocycles. The molecule has 3 fully saturated rings.